The van der Waals surface area contributed by atoms with E-state index in [0.717, 1.165) is 10.9 Å². The van der Waals surface area contributed by atoms with Gasteiger partial charge in [0, 0.05) is 23.0 Å². The number of hydrogen-bond acceptors (Lipinski definition) is 3. The van der Waals surface area contributed by atoms with Crippen molar-refractivity contribution in [3.05, 3.63) is 75.4 Å². The average Bonchev–Trinajstić information content (AvgIpc) is 2.76. The van der Waals surface area contributed by atoms with Crippen LogP contribution in [0.3, 0.4) is 0 Å². The van der Waals surface area contributed by atoms with Crippen LogP contribution in [0, 0.1) is 5.82 Å². The van der Waals surface area contributed by atoms with Crippen LogP contribution in [0.2, 0.25) is 5.02 Å². The standard InChI is InChI=1S/C23H23ClF2N2O2/c24-19-12-18-14(7-10-28-22(18)29)11-20(19)30-17-5-8-23(9-6-17,21(27)13-25)15-1-3-16(26)4-2-15/h1-4,7,10-12,17,21H,5-6,8-9,13,27H2,(H,28,29)/t17-,21?,23+. The van der Waals surface area contributed by atoms with E-state index in [-0.39, 0.29) is 17.5 Å². The minimum absolute atomic E-state index is 0.109. The van der Waals surface area contributed by atoms with Crippen LogP contribution in [0.4, 0.5) is 8.78 Å². The van der Waals surface area contributed by atoms with Gasteiger partial charge in [0.05, 0.1) is 11.1 Å². The minimum atomic E-state index is -0.667. The van der Waals surface area contributed by atoms with Gasteiger partial charge < -0.3 is 15.5 Å². The summed E-state index contributed by atoms with van der Waals surface area (Å²) < 4.78 is 33.1. The summed E-state index contributed by atoms with van der Waals surface area (Å²) >= 11 is 6.35. The van der Waals surface area contributed by atoms with Crippen LogP contribution in [-0.2, 0) is 5.41 Å². The summed E-state index contributed by atoms with van der Waals surface area (Å²) in [5, 5.41) is 1.62. The summed E-state index contributed by atoms with van der Waals surface area (Å²) in [5.41, 5.74) is 6.29. The fourth-order valence-corrected chi connectivity index (χ4v) is 4.69. The number of pyridine rings is 1. The third kappa shape index (κ3) is 3.82. The summed E-state index contributed by atoms with van der Waals surface area (Å²) in [5.74, 6) is 0.188. The Kier molecular flexibility index (Phi) is 5.80. The van der Waals surface area contributed by atoms with Crippen LogP contribution in [-0.4, -0.2) is 23.8 Å². The first-order chi connectivity index (χ1) is 14.4. The van der Waals surface area contributed by atoms with Gasteiger partial charge in [0.15, 0.2) is 0 Å². The highest BCUT2D eigenvalue weighted by Gasteiger charge is 2.42. The molecule has 1 aliphatic rings. The molecule has 0 radical (unpaired) electrons. The first kappa shape index (κ1) is 20.8. The molecule has 0 saturated heterocycles. The Bertz CT molecular complexity index is 1090. The van der Waals surface area contributed by atoms with Crippen molar-refractivity contribution in [2.24, 2.45) is 5.73 Å². The van der Waals surface area contributed by atoms with E-state index in [1.54, 1.807) is 36.5 Å². The second kappa shape index (κ2) is 8.36. The molecule has 0 bridgehead atoms. The van der Waals surface area contributed by atoms with Gasteiger partial charge in [-0.3, -0.25) is 4.79 Å². The maximum Gasteiger partial charge on any atom is 0.255 e. The summed E-state index contributed by atoms with van der Waals surface area (Å²) in [4.78, 5) is 14.6. The molecule has 0 spiro atoms. The van der Waals surface area contributed by atoms with Gasteiger partial charge in [-0.05, 0) is 67.0 Å². The molecule has 1 aromatic heterocycles. The van der Waals surface area contributed by atoms with E-state index in [1.807, 2.05) is 0 Å². The quantitative estimate of drug-likeness (QED) is 0.604. The van der Waals surface area contributed by atoms with Crippen LogP contribution in [0.1, 0.15) is 31.2 Å². The predicted octanol–water partition coefficient (Wildman–Crippen LogP) is 4.88. The van der Waals surface area contributed by atoms with Crippen LogP contribution >= 0.6 is 11.6 Å². The molecular weight excluding hydrogens is 410 g/mol. The number of benzene rings is 2. The van der Waals surface area contributed by atoms with E-state index < -0.39 is 18.1 Å². The second-order valence-electron chi connectivity index (χ2n) is 7.92. The van der Waals surface area contributed by atoms with Gasteiger partial charge in [0.2, 0.25) is 0 Å². The summed E-state index contributed by atoms with van der Waals surface area (Å²) in [6.07, 6.45) is 4.04. The molecule has 7 heteroatoms. The average molecular weight is 433 g/mol. The Labute approximate surface area is 178 Å². The summed E-state index contributed by atoms with van der Waals surface area (Å²) in [6.45, 7) is -0.645. The molecule has 1 saturated carbocycles. The van der Waals surface area contributed by atoms with Crippen molar-refractivity contribution in [3.63, 3.8) is 0 Å². The molecule has 1 heterocycles. The van der Waals surface area contributed by atoms with Gasteiger partial charge in [-0.15, -0.1) is 0 Å². The number of alkyl halides is 1. The van der Waals surface area contributed by atoms with E-state index in [1.165, 1.54) is 12.1 Å². The Balaban J connectivity index is 1.55. The number of hydrogen-bond donors (Lipinski definition) is 2. The largest absolute Gasteiger partial charge is 0.489 e. The Morgan fingerprint density at radius 3 is 2.57 bits per heavy atom. The normalized spacial score (nSPS) is 22.7. The van der Waals surface area contributed by atoms with Gasteiger partial charge in [-0.2, -0.15) is 0 Å². The van der Waals surface area contributed by atoms with Crippen LogP contribution < -0.4 is 16.0 Å². The molecule has 0 aliphatic heterocycles. The highest BCUT2D eigenvalue weighted by Crippen LogP contribution is 2.43. The second-order valence-corrected chi connectivity index (χ2v) is 8.32. The predicted molar refractivity (Wildman–Crippen MR) is 114 cm³/mol. The highest BCUT2D eigenvalue weighted by molar-refractivity contribution is 6.32. The highest BCUT2D eigenvalue weighted by atomic mass is 35.5. The molecule has 3 aromatic rings. The molecular formula is C23H23ClF2N2O2. The maximum atomic E-state index is 13.6. The lowest BCUT2D eigenvalue weighted by molar-refractivity contribution is 0.0991. The van der Waals surface area contributed by atoms with Crippen molar-refractivity contribution >= 4 is 22.4 Å². The lowest BCUT2D eigenvalue weighted by Gasteiger charge is -2.44. The third-order valence-corrected chi connectivity index (χ3v) is 6.54. The van der Waals surface area contributed by atoms with Crippen molar-refractivity contribution in [2.75, 3.05) is 6.67 Å². The zero-order valence-electron chi connectivity index (χ0n) is 16.3. The number of nitrogens with two attached hydrogens (primary N) is 1. The molecule has 158 valence electrons. The zero-order valence-corrected chi connectivity index (χ0v) is 17.1. The molecule has 2 aromatic carbocycles. The van der Waals surface area contributed by atoms with Crippen LogP contribution in [0.5, 0.6) is 5.75 Å². The summed E-state index contributed by atoms with van der Waals surface area (Å²) in [7, 11) is 0. The molecule has 30 heavy (non-hydrogen) atoms. The molecule has 4 nitrogen and oxygen atoms in total. The molecule has 0 amide bonds. The van der Waals surface area contributed by atoms with Crippen LogP contribution in [0.25, 0.3) is 10.8 Å². The third-order valence-electron chi connectivity index (χ3n) is 6.24. The van der Waals surface area contributed by atoms with Crippen LogP contribution in [0.15, 0.2) is 53.5 Å². The van der Waals surface area contributed by atoms with Gasteiger partial charge in [0.25, 0.3) is 5.56 Å². The smallest absolute Gasteiger partial charge is 0.255 e. The van der Waals surface area contributed by atoms with E-state index in [4.69, 9.17) is 22.1 Å². The number of fused-ring (bicyclic) bond motifs is 1. The lowest BCUT2D eigenvalue weighted by atomic mass is 9.64. The van der Waals surface area contributed by atoms with Crippen molar-refractivity contribution in [2.45, 2.75) is 43.2 Å². The number of aromatic nitrogens is 1. The van der Waals surface area contributed by atoms with Crippen molar-refractivity contribution in [1.82, 2.24) is 4.98 Å². The lowest BCUT2D eigenvalue weighted by Crippen LogP contribution is -2.50. The monoisotopic (exact) mass is 432 g/mol. The van der Waals surface area contributed by atoms with Gasteiger partial charge in [-0.1, -0.05) is 23.7 Å². The maximum absolute atomic E-state index is 13.6. The van der Waals surface area contributed by atoms with Gasteiger partial charge in [-0.25, -0.2) is 8.78 Å². The summed E-state index contributed by atoms with van der Waals surface area (Å²) in [6, 6.07) is 10.7. The zero-order chi connectivity index (χ0) is 21.3. The number of H-pyrrole nitrogens is 1. The van der Waals surface area contributed by atoms with E-state index in [2.05, 4.69) is 4.98 Å². The number of ether oxygens (including phenoxy) is 1. The van der Waals surface area contributed by atoms with Crippen molar-refractivity contribution < 1.29 is 13.5 Å². The number of aromatic amines is 1. The number of halogens is 3. The van der Waals surface area contributed by atoms with Crippen molar-refractivity contribution in [3.8, 4) is 5.75 Å². The first-order valence-electron chi connectivity index (χ1n) is 9.98. The fraction of sp³-hybridized carbons (Fsp3) is 0.348. The van der Waals surface area contributed by atoms with E-state index in [0.29, 0.717) is 41.8 Å². The molecule has 4 rings (SSSR count). The van der Waals surface area contributed by atoms with Gasteiger partial charge in [0.1, 0.15) is 18.2 Å². The topological polar surface area (TPSA) is 68.1 Å². The number of nitrogens with one attached hydrogen (secondary N) is 1. The van der Waals surface area contributed by atoms with E-state index >= 15 is 0 Å². The van der Waals surface area contributed by atoms with E-state index in [9.17, 15) is 13.6 Å². The molecule has 3 N–H and O–H groups in total. The molecule has 1 aliphatic carbocycles. The van der Waals surface area contributed by atoms with Gasteiger partial charge >= 0.3 is 0 Å². The Hall–Kier alpha value is -2.44. The fourth-order valence-electron chi connectivity index (χ4n) is 4.49. The van der Waals surface area contributed by atoms with Crippen molar-refractivity contribution in [1.29, 1.82) is 0 Å². The molecule has 1 unspecified atom stereocenters. The molecule has 1 fully saturated rings. The molecule has 1 atom stereocenters. The number of rotatable bonds is 5. The SMILES string of the molecule is NC(CF)[C@]1(c2ccc(F)cc2)CC[C@H](Oc2cc3cc[nH]c(=O)c3cc2Cl)CC1. The first-order valence-corrected chi connectivity index (χ1v) is 10.4. The Morgan fingerprint density at radius 2 is 1.90 bits per heavy atom. The minimum Gasteiger partial charge on any atom is -0.489 e. The Morgan fingerprint density at radius 1 is 1.20 bits per heavy atom.